The van der Waals surface area contributed by atoms with Crippen LogP contribution >= 0.6 is 15.9 Å². The summed E-state index contributed by atoms with van der Waals surface area (Å²) in [6, 6.07) is 13.7. The molecular weight excluding hydrogens is 340 g/mol. The van der Waals surface area contributed by atoms with Crippen LogP contribution in [0.1, 0.15) is 5.82 Å². The summed E-state index contributed by atoms with van der Waals surface area (Å²) in [6.07, 6.45) is 0. The van der Waals surface area contributed by atoms with Crippen molar-refractivity contribution < 1.29 is 8.42 Å². The summed E-state index contributed by atoms with van der Waals surface area (Å²) in [7, 11) is -3.64. The van der Waals surface area contributed by atoms with Gasteiger partial charge in [-0.1, -0.05) is 24.3 Å². The van der Waals surface area contributed by atoms with E-state index in [-0.39, 0.29) is 4.90 Å². The Labute approximate surface area is 125 Å². The lowest BCUT2D eigenvalue weighted by molar-refractivity contribution is 0.587. The van der Waals surface area contributed by atoms with Gasteiger partial charge in [-0.25, -0.2) is 17.4 Å². The molecule has 3 aromatic rings. The number of hydrogen-bond donors (Lipinski definition) is 0. The molecule has 0 spiro atoms. The summed E-state index contributed by atoms with van der Waals surface area (Å²) in [5.74, 6) is 0.441. The molecule has 0 radical (unpaired) electrons. The fourth-order valence-corrected chi connectivity index (χ4v) is 4.11. The largest absolute Gasteiger partial charge is 0.269 e. The number of hydrogen-bond acceptors (Lipinski definition) is 3. The molecule has 1 heterocycles. The molecule has 0 N–H and O–H groups in total. The fourth-order valence-electron chi connectivity index (χ4n) is 2.16. The van der Waals surface area contributed by atoms with Crippen LogP contribution in [0.2, 0.25) is 0 Å². The first-order chi connectivity index (χ1) is 9.51. The third-order valence-electron chi connectivity index (χ3n) is 3.03. The lowest BCUT2D eigenvalue weighted by Gasteiger charge is -2.08. The van der Waals surface area contributed by atoms with Crippen molar-refractivity contribution in [1.29, 1.82) is 0 Å². The Morgan fingerprint density at radius 2 is 1.75 bits per heavy atom. The van der Waals surface area contributed by atoms with E-state index >= 15 is 0 Å². The second kappa shape index (κ2) is 4.71. The topological polar surface area (TPSA) is 52.0 Å². The standard InChI is InChI=1S/C14H11BrN2O2S/c1-10-16-14-12(15)8-5-9-13(14)17(10)20(18,19)11-6-3-2-4-7-11/h2-9H,1H3. The van der Waals surface area contributed by atoms with Crippen LogP contribution in [0, 0.1) is 6.92 Å². The highest BCUT2D eigenvalue weighted by Crippen LogP contribution is 2.27. The Hall–Kier alpha value is -1.66. The van der Waals surface area contributed by atoms with Crippen molar-refractivity contribution in [1.82, 2.24) is 8.96 Å². The van der Waals surface area contributed by atoms with E-state index in [1.165, 1.54) is 3.97 Å². The van der Waals surface area contributed by atoms with Crippen molar-refractivity contribution >= 4 is 37.0 Å². The third kappa shape index (κ3) is 1.96. The maximum atomic E-state index is 12.7. The summed E-state index contributed by atoms with van der Waals surface area (Å²) < 4.78 is 27.6. The molecule has 0 saturated heterocycles. The number of aryl methyl sites for hydroxylation is 1. The predicted octanol–water partition coefficient (Wildman–Crippen LogP) is 3.34. The molecule has 0 amide bonds. The maximum Gasteiger partial charge on any atom is 0.269 e. The zero-order valence-electron chi connectivity index (χ0n) is 10.6. The van der Waals surface area contributed by atoms with Gasteiger partial charge in [-0.05, 0) is 47.1 Å². The molecule has 0 fully saturated rings. The highest BCUT2D eigenvalue weighted by Gasteiger charge is 2.22. The van der Waals surface area contributed by atoms with Crippen LogP contribution in [0.5, 0.6) is 0 Å². The molecule has 4 nitrogen and oxygen atoms in total. The van der Waals surface area contributed by atoms with Gasteiger partial charge in [-0.2, -0.15) is 0 Å². The average molecular weight is 351 g/mol. The maximum absolute atomic E-state index is 12.7. The van der Waals surface area contributed by atoms with Crippen LogP contribution in [0.4, 0.5) is 0 Å². The lowest BCUT2D eigenvalue weighted by atomic mass is 10.3. The number of para-hydroxylation sites is 1. The summed E-state index contributed by atoms with van der Waals surface area (Å²) >= 11 is 3.40. The molecule has 102 valence electrons. The van der Waals surface area contributed by atoms with Crippen molar-refractivity contribution in [2.45, 2.75) is 11.8 Å². The van der Waals surface area contributed by atoms with E-state index in [1.807, 2.05) is 6.07 Å². The molecule has 20 heavy (non-hydrogen) atoms. The number of halogens is 1. The SMILES string of the molecule is Cc1nc2c(Br)cccc2n1S(=O)(=O)c1ccccc1. The van der Waals surface area contributed by atoms with Gasteiger partial charge in [0.2, 0.25) is 0 Å². The first-order valence-electron chi connectivity index (χ1n) is 5.96. The average Bonchev–Trinajstić information content (AvgIpc) is 2.78. The van der Waals surface area contributed by atoms with Crippen LogP contribution in [0.3, 0.4) is 0 Å². The Kier molecular flexibility index (Phi) is 3.14. The van der Waals surface area contributed by atoms with Gasteiger partial charge in [-0.3, -0.25) is 0 Å². The van der Waals surface area contributed by atoms with Crippen molar-refractivity contribution in [2.24, 2.45) is 0 Å². The number of benzene rings is 2. The van der Waals surface area contributed by atoms with E-state index < -0.39 is 10.0 Å². The van der Waals surface area contributed by atoms with E-state index in [9.17, 15) is 8.42 Å². The van der Waals surface area contributed by atoms with E-state index in [0.717, 1.165) is 4.47 Å². The van der Waals surface area contributed by atoms with Crippen LogP contribution in [-0.2, 0) is 10.0 Å². The summed E-state index contributed by atoms with van der Waals surface area (Å²) in [5.41, 5.74) is 1.21. The quantitative estimate of drug-likeness (QED) is 0.712. The second-order valence-electron chi connectivity index (χ2n) is 4.35. The molecule has 2 aromatic carbocycles. The molecule has 0 aliphatic carbocycles. The van der Waals surface area contributed by atoms with Crippen molar-refractivity contribution in [2.75, 3.05) is 0 Å². The van der Waals surface area contributed by atoms with Crippen LogP contribution < -0.4 is 0 Å². The zero-order chi connectivity index (χ0) is 14.3. The molecule has 6 heteroatoms. The highest BCUT2D eigenvalue weighted by atomic mass is 79.9. The monoisotopic (exact) mass is 350 g/mol. The second-order valence-corrected chi connectivity index (χ2v) is 6.99. The number of imidazole rings is 1. The number of rotatable bonds is 2. The van der Waals surface area contributed by atoms with Crippen LogP contribution in [-0.4, -0.2) is 17.4 Å². The minimum absolute atomic E-state index is 0.252. The third-order valence-corrected chi connectivity index (χ3v) is 5.48. The molecule has 3 rings (SSSR count). The van der Waals surface area contributed by atoms with Gasteiger partial charge in [0, 0.05) is 4.47 Å². The Bertz CT molecular complexity index is 886. The molecule has 0 aliphatic rings. The van der Waals surface area contributed by atoms with E-state index in [2.05, 4.69) is 20.9 Å². The first kappa shape index (κ1) is 13.3. The molecular formula is C14H11BrN2O2S. The molecule has 0 unspecified atom stereocenters. The molecule has 0 aliphatic heterocycles. The first-order valence-corrected chi connectivity index (χ1v) is 8.19. The lowest BCUT2D eigenvalue weighted by Crippen LogP contribution is -2.14. The van der Waals surface area contributed by atoms with Gasteiger partial charge in [0.25, 0.3) is 10.0 Å². The van der Waals surface area contributed by atoms with Gasteiger partial charge in [0.15, 0.2) is 0 Å². The number of nitrogens with zero attached hydrogens (tertiary/aromatic N) is 2. The Balaban J connectivity index is 2.36. The van der Waals surface area contributed by atoms with Gasteiger partial charge in [0.05, 0.1) is 10.4 Å². The smallest absolute Gasteiger partial charge is 0.231 e. The molecule has 1 aromatic heterocycles. The van der Waals surface area contributed by atoms with E-state index in [1.54, 1.807) is 49.4 Å². The Morgan fingerprint density at radius 3 is 2.45 bits per heavy atom. The summed E-state index contributed by atoms with van der Waals surface area (Å²) in [4.78, 5) is 4.59. The van der Waals surface area contributed by atoms with Crippen LogP contribution in [0.25, 0.3) is 11.0 Å². The fraction of sp³-hybridized carbons (Fsp3) is 0.0714. The minimum Gasteiger partial charge on any atom is -0.231 e. The summed E-state index contributed by atoms with van der Waals surface area (Å²) in [6.45, 7) is 1.69. The number of fused-ring (bicyclic) bond motifs is 1. The van der Waals surface area contributed by atoms with Crippen molar-refractivity contribution in [3.05, 3.63) is 58.8 Å². The molecule has 0 bridgehead atoms. The normalized spacial score (nSPS) is 11.9. The van der Waals surface area contributed by atoms with Crippen LogP contribution in [0.15, 0.2) is 57.9 Å². The van der Waals surface area contributed by atoms with Crippen molar-refractivity contribution in [3.8, 4) is 0 Å². The molecule has 0 atom stereocenters. The predicted molar refractivity (Wildman–Crippen MR) is 81.2 cm³/mol. The Morgan fingerprint density at radius 1 is 1.05 bits per heavy atom. The molecule has 0 saturated carbocycles. The van der Waals surface area contributed by atoms with Gasteiger partial charge < -0.3 is 0 Å². The van der Waals surface area contributed by atoms with Gasteiger partial charge in [0.1, 0.15) is 11.3 Å². The number of aromatic nitrogens is 2. The zero-order valence-corrected chi connectivity index (χ0v) is 13.0. The highest BCUT2D eigenvalue weighted by molar-refractivity contribution is 9.10. The summed E-state index contributed by atoms with van der Waals surface area (Å²) in [5, 5.41) is 0. The minimum atomic E-state index is -3.64. The van der Waals surface area contributed by atoms with Crippen molar-refractivity contribution in [3.63, 3.8) is 0 Å². The van der Waals surface area contributed by atoms with Gasteiger partial charge >= 0.3 is 0 Å². The van der Waals surface area contributed by atoms with E-state index in [0.29, 0.717) is 16.9 Å². The van der Waals surface area contributed by atoms with E-state index in [4.69, 9.17) is 0 Å². The van der Waals surface area contributed by atoms with Gasteiger partial charge in [-0.15, -0.1) is 0 Å².